The molecule has 0 radical (unpaired) electrons. The zero-order valence-electron chi connectivity index (χ0n) is 9.54. The Kier molecular flexibility index (Phi) is 3.63. The van der Waals surface area contributed by atoms with Gasteiger partial charge in [-0.2, -0.15) is 0 Å². The number of hydrogen-bond acceptors (Lipinski definition) is 5. The molecule has 1 heterocycles. The average molecular weight is 267 g/mol. The SMILES string of the molecule is Nc1cccc(CS(=O)(=O)NCc2ccon2)c1. The summed E-state index contributed by atoms with van der Waals surface area (Å²) in [6, 6.07) is 8.38. The van der Waals surface area contributed by atoms with Crippen LogP contribution in [0.5, 0.6) is 0 Å². The van der Waals surface area contributed by atoms with Crippen LogP contribution in [-0.4, -0.2) is 13.6 Å². The maximum atomic E-state index is 11.8. The molecule has 0 aliphatic rings. The lowest BCUT2D eigenvalue weighted by atomic mass is 10.2. The Morgan fingerprint density at radius 2 is 2.17 bits per heavy atom. The van der Waals surface area contributed by atoms with Gasteiger partial charge in [-0.05, 0) is 17.7 Å². The van der Waals surface area contributed by atoms with Crippen LogP contribution in [0.4, 0.5) is 5.69 Å². The van der Waals surface area contributed by atoms with E-state index in [1.807, 2.05) is 0 Å². The van der Waals surface area contributed by atoms with Crippen LogP contribution >= 0.6 is 0 Å². The van der Waals surface area contributed by atoms with Crippen LogP contribution in [0.3, 0.4) is 0 Å². The predicted octanol–water partition coefficient (Wildman–Crippen LogP) is 0.876. The number of benzene rings is 1. The lowest BCUT2D eigenvalue weighted by Gasteiger charge is -2.05. The molecule has 18 heavy (non-hydrogen) atoms. The first kappa shape index (κ1) is 12.6. The molecule has 0 aliphatic heterocycles. The monoisotopic (exact) mass is 267 g/mol. The Morgan fingerprint density at radius 1 is 1.33 bits per heavy atom. The smallest absolute Gasteiger partial charge is 0.216 e. The second-order valence-corrected chi connectivity index (χ2v) is 5.62. The third-order valence-electron chi connectivity index (χ3n) is 2.27. The second-order valence-electron chi connectivity index (χ2n) is 3.82. The predicted molar refractivity (Wildman–Crippen MR) is 66.8 cm³/mol. The zero-order valence-corrected chi connectivity index (χ0v) is 10.4. The number of rotatable bonds is 5. The summed E-state index contributed by atoms with van der Waals surface area (Å²) in [7, 11) is -3.41. The number of nitrogen functional groups attached to an aromatic ring is 1. The van der Waals surface area contributed by atoms with Gasteiger partial charge >= 0.3 is 0 Å². The molecule has 7 heteroatoms. The van der Waals surface area contributed by atoms with Gasteiger partial charge in [-0.25, -0.2) is 13.1 Å². The summed E-state index contributed by atoms with van der Waals surface area (Å²) in [5, 5.41) is 3.62. The minimum absolute atomic E-state index is 0.112. The zero-order chi connectivity index (χ0) is 13.0. The van der Waals surface area contributed by atoms with Gasteiger partial charge in [0, 0.05) is 11.8 Å². The standard InChI is InChI=1S/C11H13N3O3S/c12-10-3-1-2-9(6-10)8-18(15,16)13-7-11-4-5-17-14-11/h1-6,13H,7-8,12H2. The summed E-state index contributed by atoms with van der Waals surface area (Å²) in [6.45, 7) is 0.112. The maximum absolute atomic E-state index is 11.8. The first-order valence-electron chi connectivity index (χ1n) is 5.26. The minimum Gasteiger partial charge on any atom is -0.399 e. The highest BCUT2D eigenvalue weighted by Gasteiger charge is 2.12. The Labute approximate surface area is 105 Å². The molecule has 3 N–H and O–H groups in total. The van der Waals surface area contributed by atoms with E-state index in [0.717, 1.165) is 0 Å². The third-order valence-corrected chi connectivity index (χ3v) is 3.57. The van der Waals surface area contributed by atoms with E-state index < -0.39 is 10.0 Å². The van der Waals surface area contributed by atoms with Crippen molar-refractivity contribution in [2.75, 3.05) is 5.73 Å². The Bertz CT molecular complexity index is 608. The molecule has 96 valence electrons. The minimum atomic E-state index is -3.41. The largest absolute Gasteiger partial charge is 0.399 e. The number of nitrogens with two attached hydrogens (primary N) is 1. The molecule has 0 saturated heterocycles. The molecule has 6 nitrogen and oxygen atoms in total. The van der Waals surface area contributed by atoms with Crippen molar-refractivity contribution in [3.05, 3.63) is 47.9 Å². The van der Waals surface area contributed by atoms with Crippen molar-refractivity contribution in [3.8, 4) is 0 Å². The first-order chi connectivity index (χ1) is 8.55. The van der Waals surface area contributed by atoms with E-state index in [1.165, 1.54) is 6.26 Å². The summed E-state index contributed by atoms with van der Waals surface area (Å²) in [6.07, 6.45) is 1.39. The number of nitrogens with one attached hydrogen (secondary N) is 1. The van der Waals surface area contributed by atoms with Crippen molar-refractivity contribution in [1.82, 2.24) is 9.88 Å². The fourth-order valence-corrected chi connectivity index (χ4v) is 2.55. The summed E-state index contributed by atoms with van der Waals surface area (Å²) >= 11 is 0. The molecule has 2 rings (SSSR count). The molecular weight excluding hydrogens is 254 g/mol. The van der Waals surface area contributed by atoms with E-state index in [2.05, 4.69) is 14.4 Å². The molecule has 2 aromatic rings. The van der Waals surface area contributed by atoms with Crippen molar-refractivity contribution in [1.29, 1.82) is 0 Å². The number of sulfonamides is 1. The second kappa shape index (κ2) is 5.19. The van der Waals surface area contributed by atoms with Gasteiger partial charge in [0.05, 0.1) is 18.0 Å². The summed E-state index contributed by atoms with van der Waals surface area (Å²) in [5.74, 6) is -0.115. The Balaban J connectivity index is 1.99. The fraction of sp³-hybridized carbons (Fsp3) is 0.182. The van der Waals surface area contributed by atoms with Crippen LogP contribution in [0.25, 0.3) is 0 Å². The molecule has 0 amide bonds. The maximum Gasteiger partial charge on any atom is 0.216 e. The average Bonchev–Trinajstić information content (AvgIpc) is 2.78. The summed E-state index contributed by atoms with van der Waals surface area (Å²) in [4.78, 5) is 0. The van der Waals surface area contributed by atoms with E-state index in [1.54, 1.807) is 30.3 Å². The van der Waals surface area contributed by atoms with Gasteiger partial charge < -0.3 is 10.3 Å². The summed E-state index contributed by atoms with van der Waals surface area (Å²) in [5.41, 5.74) is 7.31. The molecule has 0 aliphatic carbocycles. The number of hydrogen-bond donors (Lipinski definition) is 2. The highest BCUT2D eigenvalue weighted by atomic mass is 32.2. The van der Waals surface area contributed by atoms with E-state index in [9.17, 15) is 8.42 Å². The molecule has 1 aromatic carbocycles. The number of aromatic nitrogens is 1. The van der Waals surface area contributed by atoms with E-state index >= 15 is 0 Å². The van der Waals surface area contributed by atoms with Crippen LogP contribution in [0.2, 0.25) is 0 Å². The third kappa shape index (κ3) is 3.57. The van der Waals surface area contributed by atoms with Gasteiger partial charge in [-0.3, -0.25) is 0 Å². The number of nitrogens with zero attached hydrogens (tertiary/aromatic N) is 1. The van der Waals surface area contributed by atoms with Crippen molar-refractivity contribution in [2.45, 2.75) is 12.3 Å². The lowest BCUT2D eigenvalue weighted by Crippen LogP contribution is -2.24. The first-order valence-corrected chi connectivity index (χ1v) is 6.91. The van der Waals surface area contributed by atoms with Crippen molar-refractivity contribution in [2.24, 2.45) is 0 Å². The topological polar surface area (TPSA) is 98.2 Å². The van der Waals surface area contributed by atoms with Crippen molar-refractivity contribution >= 4 is 15.7 Å². The quantitative estimate of drug-likeness (QED) is 0.783. The van der Waals surface area contributed by atoms with Gasteiger partial charge in [0.1, 0.15) is 6.26 Å². The Hall–Kier alpha value is -1.86. The Morgan fingerprint density at radius 3 is 2.83 bits per heavy atom. The molecule has 0 fully saturated rings. The molecule has 1 aromatic heterocycles. The summed E-state index contributed by atoms with van der Waals surface area (Å²) < 4.78 is 30.6. The van der Waals surface area contributed by atoms with E-state index in [-0.39, 0.29) is 12.3 Å². The highest BCUT2D eigenvalue weighted by Crippen LogP contribution is 2.10. The van der Waals surface area contributed by atoms with Crippen LogP contribution in [0.1, 0.15) is 11.3 Å². The van der Waals surface area contributed by atoms with Crippen LogP contribution < -0.4 is 10.5 Å². The van der Waals surface area contributed by atoms with Gasteiger partial charge in [-0.15, -0.1) is 0 Å². The number of anilines is 1. The van der Waals surface area contributed by atoms with E-state index in [0.29, 0.717) is 16.9 Å². The molecule has 0 bridgehead atoms. The van der Waals surface area contributed by atoms with Gasteiger partial charge in [0.15, 0.2) is 0 Å². The van der Waals surface area contributed by atoms with Gasteiger partial charge in [-0.1, -0.05) is 17.3 Å². The lowest BCUT2D eigenvalue weighted by molar-refractivity contribution is 0.411. The molecule has 0 unspecified atom stereocenters. The van der Waals surface area contributed by atoms with Crippen LogP contribution in [-0.2, 0) is 22.3 Å². The fourth-order valence-electron chi connectivity index (χ4n) is 1.47. The molecule has 0 spiro atoms. The normalized spacial score (nSPS) is 11.6. The highest BCUT2D eigenvalue weighted by molar-refractivity contribution is 7.88. The van der Waals surface area contributed by atoms with Gasteiger partial charge in [0.25, 0.3) is 0 Å². The van der Waals surface area contributed by atoms with E-state index in [4.69, 9.17) is 5.73 Å². The molecule has 0 atom stereocenters. The van der Waals surface area contributed by atoms with Gasteiger partial charge in [0.2, 0.25) is 10.0 Å². The molecular formula is C11H13N3O3S. The molecule has 0 saturated carbocycles. The van der Waals surface area contributed by atoms with Crippen molar-refractivity contribution in [3.63, 3.8) is 0 Å². The van der Waals surface area contributed by atoms with Crippen LogP contribution in [0, 0.1) is 0 Å². The van der Waals surface area contributed by atoms with Crippen LogP contribution in [0.15, 0.2) is 41.1 Å². The van der Waals surface area contributed by atoms with Crippen molar-refractivity contribution < 1.29 is 12.9 Å².